The van der Waals surface area contributed by atoms with Crippen molar-refractivity contribution in [3.8, 4) is 0 Å². The molecule has 1 aliphatic rings. The summed E-state index contributed by atoms with van der Waals surface area (Å²) in [6.45, 7) is 2.41. The fraction of sp³-hybridized carbons (Fsp3) is 0.231. The van der Waals surface area contributed by atoms with Gasteiger partial charge in [0.05, 0.1) is 5.51 Å². The molecule has 92 valence electrons. The number of nitrogens with one attached hydrogen (secondary N) is 2. The van der Waals surface area contributed by atoms with Gasteiger partial charge in [0.1, 0.15) is 5.69 Å². The molecule has 0 saturated heterocycles. The summed E-state index contributed by atoms with van der Waals surface area (Å²) in [5, 5.41) is 7.94. The normalized spacial score (nSPS) is 13.3. The second kappa shape index (κ2) is 4.88. The number of thiazole rings is 1. The summed E-state index contributed by atoms with van der Waals surface area (Å²) in [5.41, 5.74) is 5.96. The predicted octanol–water partition coefficient (Wildman–Crippen LogP) is 1.68. The second-order valence-electron chi connectivity index (χ2n) is 4.26. The fourth-order valence-corrected chi connectivity index (χ4v) is 2.59. The maximum atomic E-state index is 11.7. The molecule has 0 bridgehead atoms. The quantitative estimate of drug-likeness (QED) is 0.881. The van der Waals surface area contributed by atoms with Crippen LogP contribution in [-0.2, 0) is 19.6 Å². The van der Waals surface area contributed by atoms with Gasteiger partial charge in [-0.1, -0.05) is 18.2 Å². The van der Waals surface area contributed by atoms with Crippen molar-refractivity contribution in [1.29, 1.82) is 0 Å². The van der Waals surface area contributed by atoms with Crippen LogP contribution < -0.4 is 10.6 Å². The van der Waals surface area contributed by atoms with Crippen LogP contribution in [0.15, 0.2) is 29.1 Å². The molecule has 1 aromatic heterocycles. The lowest BCUT2D eigenvalue weighted by atomic mass is 10.1. The molecule has 3 rings (SSSR count). The largest absolute Gasteiger partial charge is 0.347 e. The van der Waals surface area contributed by atoms with Gasteiger partial charge in [0.2, 0.25) is 0 Å². The topological polar surface area (TPSA) is 54.0 Å². The van der Waals surface area contributed by atoms with Crippen LogP contribution in [0.1, 0.15) is 27.2 Å². The number of carbonyl (C=O) groups excluding carboxylic acids is 1. The van der Waals surface area contributed by atoms with Crippen LogP contribution in [0.2, 0.25) is 0 Å². The van der Waals surface area contributed by atoms with Gasteiger partial charge in [0.15, 0.2) is 0 Å². The van der Waals surface area contributed by atoms with Gasteiger partial charge in [0, 0.05) is 25.0 Å². The van der Waals surface area contributed by atoms with E-state index in [1.807, 2.05) is 0 Å². The molecule has 0 unspecified atom stereocenters. The van der Waals surface area contributed by atoms with E-state index < -0.39 is 0 Å². The average Bonchev–Trinajstić information content (AvgIpc) is 3.05. The number of benzene rings is 1. The van der Waals surface area contributed by atoms with E-state index in [2.05, 4.69) is 33.8 Å². The molecule has 1 amide bonds. The van der Waals surface area contributed by atoms with Crippen LogP contribution in [0.5, 0.6) is 0 Å². The van der Waals surface area contributed by atoms with E-state index in [1.165, 1.54) is 22.5 Å². The van der Waals surface area contributed by atoms with Crippen LogP contribution >= 0.6 is 11.3 Å². The molecule has 2 N–H and O–H groups in total. The van der Waals surface area contributed by atoms with Gasteiger partial charge >= 0.3 is 0 Å². The smallest absolute Gasteiger partial charge is 0.271 e. The Labute approximate surface area is 109 Å². The predicted molar refractivity (Wildman–Crippen MR) is 70.3 cm³/mol. The lowest BCUT2D eigenvalue weighted by molar-refractivity contribution is 0.0946. The van der Waals surface area contributed by atoms with Crippen molar-refractivity contribution in [2.24, 2.45) is 0 Å². The second-order valence-corrected chi connectivity index (χ2v) is 4.98. The summed E-state index contributed by atoms with van der Waals surface area (Å²) in [7, 11) is 0. The van der Waals surface area contributed by atoms with Gasteiger partial charge in [-0.25, -0.2) is 4.98 Å². The third-order valence-electron chi connectivity index (χ3n) is 3.02. The molecule has 1 aliphatic heterocycles. The Morgan fingerprint density at radius 2 is 2.28 bits per heavy atom. The van der Waals surface area contributed by atoms with Gasteiger partial charge in [-0.3, -0.25) is 4.79 Å². The van der Waals surface area contributed by atoms with Crippen molar-refractivity contribution in [2.45, 2.75) is 19.6 Å². The minimum Gasteiger partial charge on any atom is -0.347 e. The zero-order chi connectivity index (χ0) is 12.4. The molecule has 0 spiro atoms. The lowest BCUT2D eigenvalue weighted by Crippen LogP contribution is -2.23. The van der Waals surface area contributed by atoms with E-state index in [-0.39, 0.29) is 5.91 Å². The van der Waals surface area contributed by atoms with Gasteiger partial charge in [-0.2, -0.15) is 0 Å². The summed E-state index contributed by atoms with van der Waals surface area (Å²) in [6.07, 6.45) is 0. The van der Waals surface area contributed by atoms with Crippen molar-refractivity contribution >= 4 is 17.2 Å². The summed E-state index contributed by atoms with van der Waals surface area (Å²) >= 11 is 1.43. The first-order valence-electron chi connectivity index (χ1n) is 5.81. The minimum atomic E-state index is -0.116. The maximum Gasteiger partial charge on any atom is 0.271 e. The Balaban J connectivity index is 1.65. The summed E-state index contributed by atoms with van der Waals surface area (Å²) in [6, 6.07) is 6.34. The lowest BCUT2D eigenvalue weighted by Gasteiger charge is -2.05. The van der Waals surface area contributed by atoms with Crippen molar-refractivity contribution in [3.63, 3.8) is 0 Å². The van der Waals surface area contributed by atoms with Crippen LogP contribution in [-0.4, -0.2) is 10.9 Å². The van der Waals surface area contributed by atoms with Crippen molar-refractivity contribution in [1.82, 2.24) is 15.6 Å². The van der Waals surface area contributed by atoms with E-state index >= 15 is 0 Å². The van der Waals surface area contributed by atoms with E-state index in [9.17, 15) is 4.79 Å². The first-order valence-corrected chi connectivity index (χ1v) is 6.75. The molecule has 0 fully saturated rings. The molecule has 4 nitrogen and oxygen atoms in total. The number of amides is 1. The van der Waals surface area contributed by atoms with Crippen LogP contribution in [0.25, 0.3) is 0 Å². The molecule has 18 heavy (non-hydrogen) atoms. The zero-order valence-corrected chi connectivity index (χ0v) is 10.6. The Kier molecular flexibility index (Phi) is 3.08. The Hall–Kier alpha value is -1.72. The number of aromatic nitrogens is 1. The van der Waals surface area contributed by atoms with Crippen LogP contribution in [0, 0.1) is 0 Å². The molecule has 5 heteroatoms. The SMILES string of the molecule is O=C(NCc1ccc2c(c1)CNC2)c1cscn1. The number of fused-ring (bicyclic) bond motifs is 1. The highest BCUT2D eigenvalue weighted by Gasteiger charge is 2.11. The van der Waals surface area contributed by atoms with Gasteiger partial charge in [0.25, 0.3) is 5.91 Å². The monoisotopic (exact) mass is 259 g/mol. The number of nitrogens with zero attached hydrogens (tertiary/aromatic N) is 1. The summed E-state index contributed by atoms with van der Waals surface area (Å²) in [5.74, 6) is -0.116. The summed E-state index contributed by atoms with van der Waals surface area (Å²) < 4.78 is 0. The number of hydrogen-bond donors (Lipinski definition) is 2. The Morgan fingerprint density at radius 1 is 1.39 bits per heavy atom. The summed E-state index contributed by atoms with van der Waals surface area (Å²) in [4.78, 5) is 15.7. The third-order valence-corrected chi connectivity index (χ3v) is 3.61. The molecule has 0 saturated carbocycles. The molecule has 0 aliphatic carbocycles. The standard InChI is InChI=1S/C13H13N3OS/c17-13(12-7-18-8-16-12)15-4-9-1-2-10-5-14-6-11(10)3-9/h1-3,7-8,14H,4-6H2,(H,15,17). The molecule has 1 aromatic carbocycles. The van der Waals surface area contributed by atoms with E-state index in [1.54, 1.807) is 10.9 Å². The number of rotatable bonds is 3. The number of hydrogen-bond acceptors (Lipinski definition) is 4. The van der Waals surface area contributed by atoms with Crippen LogP contribution in [0.3, 0.4) is 0 Å². The highest BCUT2D eigenvalue weighted by atomic mass is 32.1. The highest BCUT2D eigenvalue weighted by molar-refractivity contribution is 7.07. The van der Waals surface area contributed by atoms with Crippen molar-refractivity contribution in [2.75, 3.05) is 0 Å². The first-order chi connectivity index (χ1) is 8.83. The van der Waals surface area contributed by atoms with E-state index in [0.29, 0.717) is 12.2 Å². The van der Waals surface area contributed by atoms with E-state index in [4.69, 9.17) is 0 Å². The molecular formula is C13H13N3OS. The molecular weight excluding hydrogens is 246 g/mol. The van der Waals surface area contributed by atoms with Crippen LogP contribution in [0.4, 0.5) is 0 Å². The molecule has 2 heterocycles. The van der Waals surface area contributed by atoms with Crippen molar-refractivity contribution < 1.29 is 4.79 Å². The van der Waals surface area contributed by atoms with Gasteiger partial charge in [-0.15, -0.1) is 11.3 Å². The van der Waals surface area contributed by atoms with E-state index in [0.717, 1.165) is 18.7 Å². The zero-order valence-electron chi connectivity index (χ0n) is 9.77. The van der Waals surface area contributed by atoms with Crippen molar-refractivity contribution in [3.05, 3.63) is 51.5 Å². The Bertz CT molecular complexity index is 566. The maximum absolute atomic E-state index is 11.7. The Morgan fingerprint density at radius 3 is 3.11 bits per heavy atom. The average molecular weight is 259 g/mol. The van der Waals surface area contributed by atoms with Gasteiger partial charge in [-0.05, 0) is 16.7 Å². The molecule has 0 radical (unpaired) electrons. The number of carbonyl (C=O) groups is 1. The first kappa shape index (κ1) is 11.4. The molecule has 2 aromatic rings. The highest BCUT2D eigenvalue weighted by Crippen LogP contribution is 2.16. The fourth-order valence-electron chi connectivity index (χ4n) is 2.06. The minimum absolute atomic E-state index is 0.116. The molecule has 0 atom stereocenters. The third kappa shape index (κ3) is 2.27. The van der Waals surface area contributed by atoms with Gasteiger partial charge < -0.3 is 10.6 Å².